The van der Waals surface area contributed by atoms with Gasteiger partial charge in [-0.05, 0) is 42.7 Å². The summed E-state index contributed by atoms with van der Waals surface area (Å²) >= 11 is 12.1. The number of rotatable bonds is 8. The molecule has 1 aromatic heterocycles. The molecule has 1 fully saturated rings. The number of aliphatic carboxylic acids is 1. The van der Waals surface area contributed by atoms with Crippen LogP contribution >= 0.6 is 23.2 Å². The van der Waals surface area contributed by atoms with Crippen molar-refractivity contribution in [1.82, 2.24) is 20.4 Å². The molecule has 2 heterocycles. The van der Waals surface area contributed by atoms with Gasteiger partial charge in [-0.3, -0.25) is 14.5 Å². The number of carboxylic acids is 1. The number of nitrogens with one attached hydrogen (secondary N) is 1. The average Bonchev–Trinajstić information content (AvgIpc) is 3.31. The molecular weight excluding hydrogens is 479 g/mol. The molecule has 1 amide bonds. The molecule has 10 heteroatoms. The zero-order valence-corrected chi connectivity index (χ0v) is 19.8. The van der Waals surface area contributed by atoms with Crippen LogP contribution in [0.1, 0.15) is 36.6 Å². The Kier molecular flexibility index (Phi) is 7.82. The van der Waals surface area contributed by atoms with Crippen molar-refractivity contribution in [2.45, 2.75) is 37.8 Å². The number of nitrogens with zero attached hydrogens (tertiary/aromatic N) is 3. The van der Waals surface area contributed by atoms with E-state index in [2.05, 4.69) is 20.4 Å². The summed E-state index contributed by atoms with van der Waals surface area (Å²) in [5.41, 5.74) is 1.77. The highest BCUT2D eigenvalue weighted by molar-refractivity contribution is 6.42. The van der Waals surface area contributed by atoms with Crippen molar-refractivity contribution in [2.24, 2.45) is 0 Å². The first-order valence-corrected chi connectivity index (χ1v) is 11.7. The summed E-state index contributed by atoms with van der Waals surface area (Å²) in [6.07, 6.45) is 1.05. The third kappa shape index (κ3) is 6.14. The van der Waals surface area contributed by atoms with Gasteiger partial charge in [0, 0.05) is 31.2 Å². The van der Waals surface area contributed by atoms with Crippen molar-refractivity contribution < 1.29 is 19.1 Å². The van der Waals surface area contributed by atoms with E-state index < -0.39 is 24.2 Å². The molecule has 1 aliphatic rings. The van der Waals surface area contributed by atoms with E-state index in [0.29, 0.717) is 15.6 Å². The van der Waals surface area contributed by atoms with Gasteiger partial charge in [-0.25, -0.2) is 0 Å². The molecule has 1 unspecified atom stereocenters. The number of halogens is 2. The van der Waals surface area contributed by atoms with Gasteiger partial charge in [-0.15, -0.1) is 10.2 Å². The van der Waals surface area contributed by atoms with Crippen LogP contribution in [0.5, 0.6) is 0 Å². The Morgan fingerprint density at radius 1 is 1.09 bits per heavy atom. The normalized spacial score (nSPS) is 15.7. The Hall–Kier alpha value is -2.94. The van der Waals surface area contributed by atoms with Crippen LogP contribution in [0.3, 0.4) is 0 Å². The molecule has 34 heavy (non-hydrogen) atoms. The lowest BCUT2D eigenvalue weighted by atomic mass is 10.0. The predicted octanol–water partition coefficient (Wildman–Crippen LogP) is 4.38. The first-order valence-electron chi connectivity index (χ1n) is 11.0. The minimum Gasteiger partial charge on any atom is -0.481 e. The van der Waals surface area contributed by atoms with Crippen LogP contribution in [-0.4, -0.2) is 51.2 Å². The molecule has 0 aliphatic carbocycles. The van der Waals surface area contributed by atoms with E-state index in [1.807, 2.05) is 30.3 Å². The number of carbonyl (C=O) groups is 2. The fourth-order valence-electron chi connectivity index (χ4n) is 3.97. The number of amides is 1. The second-order valence-corrected chi connectivity index (χ2v) is 9.08. The van der Waals surface area contributed by atoms with E-state index in [0.717, 1.165) is 38.0 Å². The average molecular weight is 503 g/mol. The summed E-state index contributed by atoms with van der Waals surface area (Å²) in [6.45, 7) is 2.31. The molecule has 1 aliphatic heterocycles. The highest BCUT2D eigenvalue weighted by atomic mass is 35.5. The molecule has 3 aromatic rings. The Balaban J connectivity index is 1.36. The number of aromatic nitrogens is 2. The second kappa shape index (κ2) is 11.0. The van der Waals surface area contributed by atoms with Crippen LogP contribution in [0.4, 0.5) is 0 Å². The molecule has 8 nitrogen and oxygen atoms in total. The van der Waals surface area contributed by atoms with Crippen LogP contribution < -0.4 is 5.32 Å². The van der Waals surface area contributed by atoms with Crippen LogP contribution in [0, 0.1) is 0 Å². The minimum atomic E-state index is -1.11. The zero-order valence-electron chi connectivity index (χ0n) is 18.3. The number of hydrogen-bond acceptors (Lipinski definition) is 6. The Morgan fingerprint density at radius 3 is 2.50 bits per heavy atom. The third-order valence-electron chi connectivity index (χ3n) is 5.78. The lowest BCUT2D eigenvalue weighted by Gasteiger charge is -2.32. The smallest absolute Gasteiger partial charge is 0.304 e. The highest BCUT2D eigenvalue weighted by Crippen LogP contribution is 2.26. The largest absolute Gasteiger partial charge is 0.481 e. The van der Waals surface area contributed by atoms with Crippen LogP contribution in [0.25, 0.3) is 11.5 Å². The zero-order chi connectivity index (χ0) is 24.1. The summed E-state index contributed by atoms with van der Waals surface area (Å²) in [4.78, 5) is 26.7. The summed E-state index contributed by atoms with van der Waals surface area (Å²) in [5, 5.41) is 21.3. The molecule has 1 atom stereocenters. The van der Waals surface area contributed by atoms with E-state index in [1.54, 1.807) is 18.2 Å². The van der Waals surface area contributed by atoms with E-state index in [-0.39, 0.29) is 17.8 Å². The molecule has 178 valence electrons. The van der Waals surface area contributed by atoms with E-state index in [1.165, 1.54) is 0 Å². The van der Waals surface area contributed by atoms with Crippen molar-refractivity contribution in [3.63, 3.8) is 0 Å². The number of benzene rings is 2. The minimum absolute atomic E-state index is 0.00388. The number of carbonyl (C=O) groups excluding carboxylic acids is 1. The maximum atomic E-state index is 13.0. The maximum absolute atomic E-state index is 13.0. The quantitative estimate of drug-likeness (QED) is 0.470. The fraction of sp³-hybridized carbons (Fsp3) is 0.333. The number of likely N-dealkylation sites (tertiary alicyclic amines) is 1. The summed E-state index contributed by atoms with van der Waals surface area (Å²) in [7, 11) is 0. The van der Waals surface area contributed by atoms with Crippen molar-refractivity contribution in [1.29, 1.82) is 0 Å². The van der Waals surface area contributed by atoms with Gasteiger partial charge >= 0.3 is 5.97 Å². The number of hydrogen-bond donors (Lipinski definition) is 2. The van der Waals surface area contributed by atoms with Crippen molar-refractivity contribution in [3.8, 4) is 11.5 Å². The predicted molar refractivity (Wildman–Crippen MR) is 128 cm³/mol. The van der Waals surface area contributed by atoms with Crippen molar-refractivity contribution in [2.75, 3.05) is 13.1 Å². The van der Waals surface area contributed by atoms with Crippen molar-refractivity contribution >= 4 is 35.1 Å². The SMILES string of the molecule is O=C(O)CC(C(=O)NC1CCN(Cc2ccc(Cl)c(Cl)c2)CC1)c1nnc(-c2ccccc2)o1. The second-order valence-electron chi connectivity index (χ2n) is 8.27. The molecule has 2 N–H and O–H groups in total. The highest BCUT2D eigenvalue weighted by Gasteiger charge is 2.31. The molecule has 0 bridgehead atoms. The standard InChI is InChI=1S/C24H24Cl2N4O4/c25-19-7-6-15(12-20(19)26)14-30-10-8-17(9-11-30)27-22(33)18(13-21(31)32)24-29-28-23(34-24)16-4-2-1-3-5-16/h1-7,12,17-18H,8-11,13-14H2,(H,27,33)(H,31,32). The van der Waals surface area contributed by atoms with Gasteiger partial charge in [0.1, 0.15) is 5.92 Å². The third-order valence-corrected chi connectivity index (χ3v) is 6.52. The number of carboxylic acid groups (broad SMARTS) is 1. The summed E-state index contributed by atoms with van der Waals surface area (Å²) in [5.74, 6) is -2.36. The van der Waals surface area contributed by atoms with Gasteiger partial charge in [-0.1, -0.05) is 47.5 Å². The molecule has 0 saturated carbocycles. The van der Waals surface area contributed by atoms with E-state index >= 15 is 0 Å². The van der Waals surface area contributed by atoms with Gasteiger partial charge in [0.2, 0.25) is 17.7 Å². The molecule has 1 saturated heterocycles. The number of piperidine rings is 1. The van der Waals surface area contributed by atoms with Gasteiger partial charge in [0.05, 0.1) is 16.5 Å². The van der Waals surface area contributed by atoms with Crippen molar-refractivity contribution in [3.05, 3.63) is 70.0 Å². The molecule has 0 radical (unpaired) electrons. The molecule has 0 spiro atoms. The Morgan fingerprint density at radius 2 is 1.82 bits per heavy atom. The van der Waals surface area contributed by atoms with Gasteiger partial charge in [0.15, 0.2) is 0 Å². The lowest BCUT2D eigenvalue weighted by molar-refractivity contribution is -0.140. The molecular formula is C24H24Cl2N4O4. The van der Waals surface area contributed by atoms with Gasteiger partial charge < -0.3 is 14.8 Å². The van der Waals surface area contributed by atoms with E-state index in [9.17, 15) is 14.7 Å². The summed E-state index contributed by atoms with van der Waals surface area (Å²) < 4.78 is 5.67. The van der Waals surface area contributed by atoms with Crippen LogP contribution in [-0.2, 0) is 16.1 Å². The van der Waals surface area contributed by atoms with Gasteiger partial charge in [-0.2, -0.15) is 0 Å². The fourth-order valence-corrected chi connectivity index (χ4v) is 4.29. The van der Waals surface area contributed by atoms with Gasteiger partial charge in [0.25, 0.3) is 0 Å². The monoisotopic (exact) mass is 502 g/mol. The first kappa shape index (κ1) is 24.2. The Labute approximate surface area is 206 Å². The lowest BCUT2D eigenvalue weighted by Crippen LogP contribution is -2.46. The molecule has 2 aromatic carbocycles. The first-order chi connectivity index (χ1) is 16.4. The van der Waals surface area contributed by atoms with E-state index in [4.69, 9.17) is 27.6 Å². The topological polar surface area (TPSA) is 109 Å². The maximum Gasteiger partial charge on any atom is 0.304 e. The summed E-state index contributed by atoms with van der Waals surface area (Å²) in [6, 6.07) is 14.7. The van der Waals surface area contributed by atoms with Crippen LogP contribution in [0.15, 0.2) is 52.9 Å². The van der Waals surface area contributed by atoms with Crippen LogP contribution in [0.2, 0.25) is 10.0 Å². The Bertz CT molecular complexity index is 1150. The molecule has 4 rings (SSSR count).